The maximum atomic E-state index is 12.7. The number of methoxy groups -OCH3 is 1. The fourth-order valence-corrected chi connectivity index (χ4v) is 5.51. The summed E-state index contributed by atoms with van der Waals surface area (Å²) < 4.78 is 39.8. The number of aliphatic hydroxyl groups is 1. The standard InChI is InChI=1S/C23H41NO9S/c1-6-17(13-18(21(27)32-12-11-25)14-23(3,4)22(28)31-5)20(26)24-15-33-34(29,30)19-9-7-16(2)8-10-19/h16-19,25H,6-15H2,1-5H3,(H,24,26). The third-order valence-electron chi connectivity index (χ3n) is 6.44. The molecule has 1 saturated carbocycles. The van der Waals surface area contributed by atoms with Crippen LogP contribution in [0.4, 0.5) is 0 Å². The Morgan fingerprint density at radius 2 is 1.74 bits per heavy atom. The number of ether oxygens (including phenoxy) is 2. The van der Waals surface area contributed by atoms with E-state index in [9.17, 15) is 22.8 Å². The van der Waals surface area contributed by atoms with E-state index in [0.29, 0.717) is 25.2 Å². The van der Waals surface area contributed by atoms with Gasteiger partial charge in [0.15, 0.2) is 0 Å². The molecule has 2 unspecified atom stereocenters. The number of rotatable bonds is 14. The summed E-state index contributed by atoms with van der Waals surface area (Å²) >= 11 is 0. The lowest BCUT2D eigenvalue weighted by Crippen LogP contribution is -2.38. The average Bonchev–Trinajstić information content (AvgIpc) is 2.79. The van der Waals surface area contributed by atoms with Gasteiger partial charge >= 0.3 is 11.9 Å². The third-order valence-corrected chi connectivity index (χ3v) is 8.17. The van der Waals surface area contributed by atoms with Crippen LogP contribution in [0.1, 0.15) is 72.6 Å². The largest absolute Gasteiger partial charge is 0.469 e. The number of esters is 2. The van der Waals surface area contributed by atoms with Crippen LogP contribution >= 0.6 is 0 Å². The zero-order chi connectivity index (χ0) is 25.9. The number of hydrogen-bond donors (Lipinski definition) is 2. The van der Waals surface area contributed by atoms with Crippen molar-refractivity contribution in [1.29, 1.82) is 0 Å². The molecule has 0 aromatic rings. The van der Waals surface area contributed by atoms with E-state index in [4.69, 9.17) is 18.8 Å². The molecular formula is C23H41NO9S. The maximum absolute atomic E-state index is 12.7. The minimum atomic E-state index is -3.78. The van der Waals surface area contributed by atoms with E-state index in [1.54, 1.807) is 20.8 Å². The van der Waals surface area contributed by atoms with Gasteiger partial charge in [-0.3, -0.25) is 14.4 Å². The molecule has 1 fully saturated rings. The van der Waals surface area contributed by atoms with Crippen LogP contribution in [0.25, 0.3) is 0 Å². The molecular weight excluding hydrogens is 466 g/mol. The molecule has 1 rings (SSSR count). The molecule has 11 heteroatoms. The zero-order valence-electron chi connectivity index (χ0n) is 21.0. The quantitative estimate of drug-likeness (QED) is 0.205. The average molecular weight is 508 g/mol. The number of hydrogen-bond acceptors (Lipinski definition) is 9. The second kappa shape index (κ2) is 14.0. The van der Waals surface area contributed by atoms with E-state index in [0.717, 1.165) is 12.8 Å². The fourth-order valence-electron chi connectivity index (χ4n) is 4.25. The van der Waals surface area contributed by atoms with Crippen molar-refractivity contribution in [3.63, 3.8) is 0 Å². The minimum Gasteiger partial charge on any atom is -0.469 e. The normalized spacial score (nSPS) is 20.8. The molecule has 10 nitrogen and oxygen atoms in total. The Morgan fingerprint density at radius 1 is 1.12 bits per heavy atom. The van der Waals surface area contributed by atoms with Gasteiger partial charge in [-0.15, -0.1) is 0 Å². The van der Waals surface area contributed by atoms with Gasteiger partial charge in [0.05, 0.1) is 30.3 Å². The van der Waals surface area contributed by atoms with Crippen molar-refractivity contribution in [3.8, 4) is 0 Å². The summed E-state index contributed by atoms with van der Waals surface area (Å²) in [6, 6.07) is 0. The van der Waals surface area contributed by atoms with Gasteiger partial charge in [0.1, 0.15) is 13.3 Å². The number of amides is 1. The Kier molecular flexibility index (Phi) is 12.5. The van der Waals surface area contributed by atoms with Crippen LogP contribution in [-0.4, -0.2) is 63.7 Å². The first kappa shape index (κ1) is 30.3. The highest BCUT2D eigenvalue weighted by molar-refractivity contribution is 7.87. The number of aliphatic hydroxyl groups excluding tert-OH is 1. The number of carbonyl (C=O) groups is 3. The highest BCUT2D eigenvalue weighted by atomic mass is 32.2. The van der Waals surface area contributed by atoms with E-state index >= 15 is 0 Å². The van der Waals surface area contributed by atoms with Crippen LogP contribution in [0.5, 0.6) is 0 Å². The summed E-state index contributed by atoms with van der Waals surface area (Å²) in [6.45, 7) is 6.12. The summed E-state index contributed by atoms with van der Waals surface area (Å²) in [5, 5.41) is 10.9. The second-order valence-corrected chi connectivity index (χ2v) is 11.6. The van der Waals surface area contributed by atoms with Crippen molar-refractivity contribution in [3.05, 3.63) is 0 Å². The summed E-state index contributed by atoms with van der Waals surface area (Å²) in [6.07, 6.45) is 3.28. The second-order valence-electron chi connectivity index (χ2n) is 9.69. The first-order chi connectivity index (χ1) is 15.9. The molecule has 1 amide bonds. The van der Waals surface area contributed by atoms with Crippen LogP contribution in [0, 0.1) is 23.2 Å². The Hall–Kier alpha value is -1.72. The van der Waals surface area contributed by atoms with Gasteiger partial charge in [0.2, 0.25) is 5.91 Å². The summed E-state index contributed by atoms with van der Waals surface area (Å²) in [5.74, 6) is -2.51. The molecule has 0 spiro atoms. The molecule has 198 valence electrons. The van der Waals surface area contributed by atoms with Crippen molar-refractivity contribution in [1.82, 2.24) is 5.32 Å². The highest BCUT2D eigenvalue weighted by Crippen LogP contribution is 2.32. The molecule has 2 atom stereocenters. The number of nitrogens with one attached hydrogen (secondary N) is 1. The van der Waals surface area contributed by atoms with E-state index in [2.05, 4.69) is 12.2 Å². The lowest BCUT2D eigenvalue weighted by Gasteiger charge is -2.28. The Bertz CT molecular complexity index is 773. The van der Waals surface area contributed by atoms with Gasteiger partial charge in [-0.1, -0.05) is 13.8 Å². The zero-order valence-corrected chi connectivity index (χ0v) is 21.8. The molecule has 0 heterocycles. The highest BCUT2D eigenvalue weighted by Gasteiger charge is 2.37. The molecule has 0 aliphatic heterocycles. The summed E-state index contributed by atoms with van der Waals surface area (Å²) in [4.78, 5) is 37.4. The third kappa shape index (κ3) is 9.50. The van der Waals surface area contributed by atoms with Crippen molar-refractivity contribution >= 4 is 28.0 Å². The maximum Gasteiger partial charge on any atom is 0.311 e. The lowest BCUT2D eigenvalue weighted by molar-refractivity contribution is -0.156. The van der Waals surface area contributed by atoms with E-state index in [1.165, 1.54) is 7.11 Å². The fraction of sp³-hybridized carbons (Fsp3) is 0.870. The molecule has 2 N–H and O–H groups in total. The van der Waals surface area contributed by atoms with E-state index < -0.39 is 57.2 Å². The lowest BCUT2D eigenvalue weighted by atomic mass is 9.78. The van der Waals surface area contributed by atoms with Crippen molar-refractivity contribution < 1.29 is 41.6 Å². The molecule has 1 aliphatic carbocycles. The van der Waals surface area contributed by atoms with Crippen LogP contribution in [0.2, 0.25) is 0 Å². The van der Waals surface area contributed by atoms with Gasteiger partial charge in [0.25, 0.3) is 10.1 Å². The van der Waals surface area contributed by atoms with Gasteiger partial charge in [-0.2, -0.15) is 8.42 Å². The molecule has 1 aliphatic rings. The Morgan fingerprint density at radius 3 is 2.26 bits per heavy atom. The van der Waals surface area contributed by atoms with Crippen molar-refractivity contribution in [2.24, 2.45) is 23.2 Å². The molecule has 0 saturated heterocycles. The van der Waals surface area contributed by atoms with E-state index in [1.807, 2.05) is 0 Å². The molecule has 0 aromatic carbocycles. The van der Waals surface area contributed by atoms with Crippen molar-refractivity contribution in [2.75, 3.05) is 27.1 Å². The topological polar surface area (TPSA) is 145 Å². The van der Waals surface area contributed by atoms with Crippen LogP contribution in [0.3, 0.4) is 0 Å². The van der Waals surface area contributed by atoms with Gasteiger partial charge < -0.3 is 19.9 Å². The van der Waals surface area contributed by atoms with Crippen LogP contribution < -0.4 is 5.32 Å². The predicted molar refractivity (Wildman–Crippen MR) is 125 cm³/mol. The summed E-state index contributed by atoms with van der Waals surface area (Å²) in [5.41, 5.74) is -0.999. The monoisotopic (exact) mass is 507 g/mol. The smallest absolute Gasteiger partial charge is 0.311 e. The molecule has 0 radical (unpaired) electrons. The minimum absolute atomic E-state index is 0.0820. The molecule has 0 bridgehead atoms. The Labute approximate surface area is 203 Å². The van der Waals surface area contributed by atoms with Gasteiger partial charge in [0, 0.05) is 5.92 Å². The van der Waals surface area contributed by atoms with Crippen LogP contribution in [0.15, 0.2) is 0 Å². The first-order valence-electron chi connectivity index (χ1n) is 11.9. The van der Waals surface area contributed by atoms with Gasteiger partial charge in [-0.25, -0.2) is 4.18 Å². The first-order valence-corrected chi connectivity index (χ1v) is 13.4. The SMILES string of the molecule is CCC(CC(CC(C)(C)C(=O)OC)C(=O)OCCO)C(=O)NCOS(=O)(=O)C1CCC(C)CC1. The van der Waals surface area contributed by atoms with E-state index in [-0.39, 0.29) is 26.1 Å². The molecule has 0 aromatic heterocycles. The van der Waals surface area contributed by atoms with Gasteiger partial charge in [-0.05, 0) is 64.7 Å². The van der Waals surface area contributed by atoms with Crippen molar-refractivity contribution in [2.45, 2.75) is 77.9 Å². The summed E-state index contributed by atoms with van der Waals surface area (Å²) in [7, 11) is -2.52. The Balaban J connectivity index is 2.76. The number of carbonyl (C=O) groups excluding carboxylic acids is 3. The van der Waals surface area contributed by atoms with Crippen LogP contribution in [-0.2, 0) is 38.2 Å². The predicted octanol–water partition coefficient (Wildman–Crippen LogP) is 2.14. The molecule has 34 heavy (non-hydrogen) atoms.